The lowest BCUT2D eigenvalue weighted by Crippen LogP contribution is -2.15. The average molecular weight is 340 g/mol. The van der Waals surface area contributed by atoms with E-state index in [0.29, 0.717) is 23.3 Å². The maximum Gasteiger partial charge on any atom is 0.250 e. The Kier molecular flexibility index (Phi) is 4.11. The number of carbonyl (C=O) groups excluding carboxylic acids is 1. The molecule has 0 fully saturated rings. The minimum absolute atomic E-state index is 0.432. The number of primary amides is 1. The zero-order valence-corrected chi connectivity index (χ0v) is 14.0. The van der Waals surface area contributed by atoms with Crippen LogP contribution in [0, 0.1) is 0 Å². The Bertz CT molecular complexity index is 1080. The van der Waals surface area contributed by atoms with E-state index in [9.17, 15) is 4.79 Å². The molecule has 0 saturated heterocycles. The van der Waals surface area contributed by atoms with Crippen molar-refractivity contribution in [3.05, 3.63) is 90.0 Å². The molecule has 2 N–H and O–H groups in total. The van der Waals surface area contributed by atoms with Crippen LogP contribution in [0.2, 0.25) is 0 Å². The number of hydrogen-bond acceptors (Lipinski definition) is 4. The zero-order valence-electron chi connectivity index (χ0n) is 14.0. The van der Waals surface area contributed by atoms with Gasteiger partial charge in [0.2, 0.25) is 0 Å². The SMILES string of the molecule is NC(=O)c1cc2cccnc2nc1Cc1ccc(-c2cccnc2)cc1. The Morgan fingerprint density at radius 2 is 1.77 bits per heavy atom. The molecule has 3 heterocycles. The average Bonchev–Trinajstić information content (AvgIpc) is 2.68. The first-order valence-corrected chi connectivity index (χ1v) is 8.24. The molecular weight excluding hydrogens is 324 g/mol. The smallest absolute Gasteiger partial charge is 0.250 e. The van der Waals surface area contributed by atoms with Crippen LogP contribution in [0.4, 0.5) is 0 Å². The summed E-state index contributed by atoms with van der Waals surface area (Å²) in [5.74, 6) is -0.481. The molecule has 0 unspecified atom stereocenters. The second-order valence-corrected chi connectivity index (χ2v) is 6.01. The first-order chi connectivity index (χ1) is 12.7. The van der Waals surface area contributed by atoms with Gasteiger partial charge in [-0.05, 0) is 41.0 Å². The van der Waals surface area contributed by atoms with E-state index < -0.39 is 5.91 Å². The molecule has 1 aromatic carbocycles. The maximum absolute atomic E-state index is 11.8. The van der Waals surface area contributed by atoms with Crippen LogP contribution in [0.3, 0.4) is 0 Å². The van der Waals surface area contributed by atoms with E-state index >= 15 is 0 Å². The summed E-state index contributed by atoms with van der Waals surface area (Å²) in [6, 6.07) is 17.5. The number of aromatic nitrogens is 3. The first-order valence-electron chi connectivity index (χ1n) is 8.24. The number of benzene rings is 1. The van der Waals surface area contributed by atoms with E-state index in [-0.39, 0.29) is 0 Å². The molecule has 1 amide bonds. The Morgan fingerprint density at radius 1 is 0.962 bits per heavy atom. The largest absolute Gasteiger partial charge is 0.366 e. The Labute approximate surface area is 150 Å². The molecule has 26 heavy (non-hydrogen) atoms. The molecule has 0 aliphatic heterocycles. The van der Waals surface area contributed by atoms with Crippen LogP contribution in [0.5, 0.6) is 0 Å². The summed E-state index contributed by atoms with van der Waals surface area (Å²) in [5.41, 5.74) is 10.4. The monoisotopic (exact) mass is 340 g/mol. The number of carbonyl (C=O) groups is 1. The van der Waals surface area contributed by atoms with Crippen molar-refractivity contribution in [3.63, 3.8) is 0 Å². The highest BCUT2D eigenvalue weighted by atomic mass is 16.1. The molecule has 3 aromatic heterocycles. The summed E-state index contributed by atoms with van der Waals surface area (Å²) >= 11 is 0. The summed E-state index contributed by atoms with van der Waals surface area (Å²) in [4.78, 5) is 24.8. The van der Waals surface area contributed by atoms with Crippen molar-refractivity contribution in [2.24, 2.45) is 5.73 Å². The van der Waals surface area contributed by atoms with Crippen LogP contribution < -0.4 is 5.73 Å². The lowest BCUT2D eigenvalue weighted by molar-refractivity contribution is 0.0999. The summed E-state index contributed by atoms with van der Waals surface area (Å²) < 4.78 is 0. The van der Waals surface area contributed by atoms with Gasteiger partial charge in [-0.3, -0.25) is 9.78 Å². The quantitative estimate of drug-likeness (QED) is 0.617. The Morgan fingerprint density at radius 3 is 2.50 bits per heavy atom. The Hall–Kier alpha value is -3.60. The van der Waals surface area contributed by atoms with Crippen LogP contribution in [0.25, 0.3) is 22.2 Å². The van der Waals surface area contributed by atoms with Gasteiger partial charge >= 0.3 is 0 Å². The summed E-state index contributed by atoms with van der Waals surface area (Å²) in [7, 11) is 0. The third-order valence-electron chi connectivity index (χ3n) is 4.25. The van der Waals surface area contributed by atoms with E-state index in [1.807, 2.05) is 54.7 Å². The van der Waals surface area contributed by atoms with Gasteiger partial charge in [0.15, 0.2) is 5.65 Å². The van der Waals surface area contributed by atoms with E-state index in [0.717, 1.165) is 22.1 Å². The highest BCUT2D eigenvalue weighted by Crippen LogP contribution is 2.21. The molecule has 0 aliphatic rings. The van der Waals surface area contributed by atoms with Gasteiger partial charge < -0.3 is 5.73 Å². The predicted octanol–water partition coefficient (Wildman–Crippen LogP) is 3.38. The fourth-order valence-corrected chi connectivity index (χ4v) is 2.93. The lowest BCUT2D eigenvalue weighted by atomic mass is 10.0. The number of hydrogen-bond donors (Lipinski definition) is 1. The topological polar surface area (TPSA) is 81.8 Å². The van der Waals surface area contributed by atoms with Gasteiger partial charge in [-0.15, -0.1) is 0 Å². The fourth-order valence-electron chi connectivity index (χ4n) is 2.93. The van der Waals surface area contributed by atoms with Gasteiger partial charge in [-0.2, -0.15) is 0 Å². The van der Waals surface area contributed by atoms with Gasteiger partial charge in [-0.1, -0.05) is 30.3 Å². The maximum atomic E-state index is 11.8. The molecule has 0 spiro atoms. The number of nitrogens with two attached hydrogens (primary N) is 1. The third-order valence-corrected chi connectivity index (χ3v) is 4.25. The molecular formula is C21H16N4O. The molecule has 0 aliphatic carbocycles. The van der Waals surface area contributed by atoms with Crippen LogP contribution in [0.1, 0.15) is 21.6 Å². The van der Waals surface area contributed by atoms with E-state index in [2.05, 4.69) is 15.0 Å². The first kappa shape index (κ1) is 15.9. The van der Waals surface area contributed by atoms with E-state index in [4.69, 9.17) is 5.73 Å². The molecule has 0 radical (unpaired) electrons. The van der Waals surface area contributed by atoms with Crippen molar-refractivity contribution >= 4 is 16.9 Å². The number of amides is 1. The summed E-state index contributed by atoms with van der Waals surface area (Å²) in [5, 5.41) is 0.803. The number of rotatable bonds is 4. The molecule has 0 bridgehead atoms. The molecule has 4 aromatic rings. The van der Waals surface area contributed by atoms with Crippen LogP contribution >= 0.6 is 0 Å². The van der Waals surface area contributed by atoms with Gasteiger partial charge in [-0.25, -0.2) is 9.97 Å². The number of pyridine rings is 3. The molecule has 0 saturated carbocycles. The second-order valence-electron chi connectivity index (χ2n) is 6.01. The third kappa shape index (κ3) is 3.15. The molecule has 5 nitrogen and oxygen atoms in total. The zero-order chi connectivity index (χ0) is 17.9. The molecule has 0 atom stereocenters. The van der Waals surface area contributed by atoms with Crippen molar-refractivity contribution in [3.8, 4) is 11.1 Å². The van der Waals surface area contributed by atoms with E-state index in [1.165, 1.54) is 0 Å². The Balaban J connectivity index is 1.68. The minimum Gasteiger partial charge on any atom is -0.366 e. The molecule has 5 heteroatoms. The normalized spacial score (nSPS) is 10.8. The van der Waals surface area contributed by atoms with E-state index in [1.54, 1.807) is 18.5 Å². The predicted molar refractivity (Wildman–Crippen MR) is 101 cm³/mol. The van der Waals surface area contributed by atoms with Crippen molar-refractivity contribution < 1.29 is 4.79 Å². The summed E-state index contributed by atoms with van der Waals surface area (Å²) in [6.45, 7) is 0. The van der Waals surface area contributed by atoms with Crippen LogP contribution in [-0.2, 0) is 6.42 Å². The number of fused-ring (bicyclic) bond motifs is 1. The van der Waals surface area contributed by atoms with Crippen LogP contribution in [-0.4, -0.2) is 20.9 Å². The summed E-state index contributed by atoms with van der Waals surface area (Å²) in [6.07, 6.45) is 5.78. The number of nitrogens with zero attached hydrogens (tertiary/aromatic N) is 3. The van der Waals surface area contributed by atoms with Crippen molar-refractivity contribution in [2.75, 3.05) is 0 Å². The van der Waals surface area contributed by atoms with Crippen molar-refractivity contribution in [1.29, 1.82) is 0 Å². The molecule has 4 rings (SSSR count). The highest BCUT2D eigenvalue weighted by Gasteiger charge is 2.13. The van der Waals surface area contributed by atoms with Gasteiger partial charge in [0, 0.05) is 30.4 Å². The van der Waals surface area contributed by atoms with Gasteiger partial charge in [0.1, 0.15) is 0 Å². The van der Waals surface area contributed by atoms with Gasteiger partial charge in [0.05, 0.1) is 11.3 Å². The molecule has 126 valence electrons. The standard InChI is InChI=1S/C21H16N4O/c22-20(26)18-12-16-3-2-10-24-21(16)25-19(18)11-14-5-7-15(8-6-14)17-4-1-9-23-13-17/h1-10,12-13H,11H2,(H2,22,26). The van der Waals surface area contributed by atoms with Crippen molar-refractivity contribution in [1.82, 2.24) is 15.0 Å². The fraction of sp³-hybridized carbons (Fsp3) is 0.0476. The van der Waals surface area contributed by atoms with Gasteiger partial charge in [0.25, 0.3) is 5.91 Å². The van der Waals surface area contributed by atoms with Crippen molar-refractivity contribution in [2.45, 2.75) is 6.42 Å². The highest BCUT2D eigenvalue weighted by molar-refractivity contribution is 5.97. The van der Waals surface area contributed by atoms with Crippen LogP contribution in [0.15, 0.2) is 73.2 Å². The second kappa shape index (κ2) is 6.72. The minimum atomic E-state index is -0.481. The lowest BCUT2D eigenvalue weighted by Gasteiger charge is -2.09.